The zero-order valence-corrected chi connectivity index (χ0v) is 10.4. The summed E-state index contributed by atoms with van der Waals surface area (Å²) >= 11 is 7.23. The van der Waals surface area contributed by atoms with Gasteiger partial charge in [-0.15, -0.1) is 11.3 Å². The molecule has 1 amide bonds. The summed E-state index contributed by atoms with van der Waals surface area (Å²) in [5, 5.41) is 14.4. The van der Waals surface area contributed by atoms with Crippen molar-refractivity contribution in [2.24, 2.45) is 5.92 Å². The smallest absolute Gasteiger partial charge is 0.263 e. The van der Waals surface area contributed by atoms with Crippen LogP contribution in [0.1, 0.15) is 28.9 Å². The van der Waals surface area contributed by atoms with Gasteiger partial charge in [-0.05, 0) is 24.3 Å². The van der Waals surface area contributed by atoms with Crippen LogP contribution < -0.4 is 5.32 Å². The van der Waals surface area contributed by atoms with Crippen molar-refractivity contribution in [3.05, 3.63) is 21.3 Å². The maximum absolute atomic E-state index is 11.9. The molecule has 1 aliphatic carbocycles. The number of hydrogen-bond acceptors (Lipinski definition) is 3. The zero-order chi connectivity index (χ0) is 11.5. The average Bonchev–Trinajstić information content (AvgIpc) is 2.86. The molecule has 1 fully saturated rings. The van der Waals surface area contributed by atoms with Gasteiger partial charge in [-0.3, -0.25) is 4.79 Å². The first kappa shape index (κ1) is 11.9. The molecule has 0 aromatic carbocycles. The SMILES string of the molecule is O=C(NC1CCCC1CO)c1sccc1Cl. The second kappa shape index (κ2) is 5.17. The van der Waals surface area contributed by atoms with E-state index < -0.39 is 0 Å². The zero-order valence-electron chi connectivity index (χ0n) is 8.78. The van der Waals surface area contributed by atoms with Gasteiger partial charge in [0.05, 0.1) is 5.02 Å². The molecule has 0 aliphatic heterocycles. The van der Waals surface area contributed by atoms with E-state index in [0.29, 0.717) is 9.90 Å². The normalized spacial score (nSPS) is 24.6. The molecule has 1 aliphatic rings. The quantitative estimate of drug-likeness (QED) is 0.875. The van der Waals surface area contributed by atoms with Gasteiger partial charge >= 0.3 is 0 Å². The summed E-state index contributed by atoms with van der Waals surface area (Å²) in [7, 11) is 0. The fourth-order valence-electron chi connectivity index (χ4n) is 2.14. The van der Waals surface area contributed by atoms with Crippen molar-refractivity contribution < 1.29 is 9.90 Å². The lowest BCUT2D eigenvalue weighted by Crippen LogP contribution is -2.38. The largest absolute Gasteiger partial charge is 0.396 e. The molecule has 3 nitrogen and oxygen atoms in total. The molecule has 2 rings (SSSR count). The van der Waals surface area contributed by atoms with E-state index in [0.717, 1.165) is 19.3 Å². The molecule has 1 saturated carbocycles. The fraction of sp³-hybridized carbons (Fsp3) is 0.545. The number of carbonyl (C=O) groups is 1. The van der Waals surface area contributed by atoms with Crippen LogP contribution in [0.2, 0.25) is 5.02 Å². The van der Waals surface area contributed by atoms with E-state index >= 15 is 0 Å². The maximum atomic E-state index is 11.9. The predicted molar refractivity (Wildman–Crippen MR) is 65.0 cm³/mol. The molecule has 16 heavy (non-hydrogen) atoms. The van der Waals surface area contributed by atoms with Gasteiger partial charge in [0.1, 0.15) is 4.88 Å². The third-order valence-electron chi connectivity index (χ3n) is 3.03. The molecule has 2 unspecified atom stereocenters. The Morgan fingerprint density at radius 3 is 3.06 bits per heavy atom. The van der Waals surface area contributed by atoms with Crippen molar-refractivity contribution in [1.29, 1.82) is 0 Å². The Morgan fingerprint density at radius 2 is 2.44 bits per heavy atom. The lowest BCUT2D eigenvalue weighted by molar-refractivity contribution is 0.0920. The first-order chi connectivity index (χ1) is 7.72. The minimum Gasteiger partial charge on any atom is -0.396 e. The Labute approximate surface area is 103 Å². The number of aliphatic hydroxyl groups is 1. The number of nitrogens with one attached hydrogen (secondary N) is 1. The molecule has 2 N–H and O–H groups in total. The maximum Gasteiger partial charge on any atom is 0.263 e. The van der Waals surface area contributed by atoms with Crippen LogP contribution in [0.25, 0.3) is 0 Å². The minimum absolute atomic E-state index is 0.0932. The first-order valence-corrected chi connectivity index (χ1v) is 6.63. The second-order valence-corrected chi connectivity index (χ2v) is 5.37. The highest BCUT2D eigenvalue weighted by molar-refractivity contribution is 7.12. The monoisotopic (exact) mass is 259 g/mol. The van der Waals surface area contributed by atoms with E-state index in [2.05, 4.69) is 5.32 Å². The number of aliphatic hydroxyl groups excluding tert-OH is 1. The van der Waals surface area contributed by atoms with Gasteiger partial charge in [-0.25, -0.2) is 0 Å². The lowest BCUT2D eigenvalue weighted by Gasteiger charge is -2.18. The van der Waals surface area contributed by atoms with E-state index in [1.54, 1.807) is 11.4 Å². The van der Waals surface area contributed by atoms with Crippen molar-refractivity contribution >= 4 is 28.8 Å². The van der Waals surface area contributed by atoms with Crippen molar-refractivity contribution in [1.82, 2.24) is 5.32 Å². The van der Waals surface area contributed by atoms with Gasteiger partial charge in [0, 0.05) is 18.6 Å². The molecule has 0 radical (unpaired) electrons. The summed E-state index contributed by atoms with van der Waals surface area (Å²) in [5.74, 6) is 0.0769. The standard InChI is InChI=1S/C11H14ClNO2S/c12-8-4-5-16-10(8)11(15)13-9-3-1-2-7(9)6-14/h4-5,7,9,14H,1-3,6H2,(H,13,15). The van der Waals surface area contributed by atoms with Crippen molar-refractivity contribution in [2.45, 2.75) is 25.3 Å². The van der Waals surface area contributed by atoms with Gasteiger partial charge in [0.15, 0.2) is 0 Å². The molecule has 1 aromatic heterocycles. The Hall–Kier alpha value is -0.580. The Kier molecular flexibility index (Phi) is 3.84. The highest BCUT2D eigenvalue weighted by Gasteiger charge is 2.28. The van der Waals surface area contributed by atoms with Crippen LogP contribution in [0.4, 0.5) is 0 Å². The van der Waals surface area contributed by atoms with E-state index in [1.165, 1.54) is 11.3 Å². The van der Waals surface area contributed by atoms with E-state index in [1.807, 2.05) is 0 Å². The number of halogens is 1. The predicted octanol–water partition coefficient (Wildman–Crippen LogP) is 2.29. The number of carbonyl (C=O) groups excluding carboxylic acids is 1. The second-order valence-electron chi connectivity index (χ2n) is 4.05. The fourth-order valence-corrected chi connectivity index (χ4v) is 3.18. The summed E-state index contributed by atoms with van der Waals surface area (Å²) in [6.07, 6.45) is 2.99. The highest BCUT2D eigenvalue weighted by atomic mass is 35.5. The van der Waals surface area contributed by atoms with Gasteiger partial charge in [0.2, 0.25) is 0 Å². The molecule has 0 bridgehead atoms. The number of thiophene rings is 1. The van der Waals surface area contributed by atoms with Crippen LogP contribution in [-0.2, 0) is 0 Å². The van der Waals surface area contributed by atoms with E-state index in [9.17, 15) is 4.79 Å². The van der Waals surface area contributed by atoms with Crippen molar-refractivity contribution in [3.63, 3.8) is 0 Å². The molecule has 1 heterocycles. The number of rotatable bonds is 3. The van der Waals surface area contributed by atoms with Crippen molar-refractivity contribution in [2.75, 3.05) is 6.61 Å². The van der Waals surface area contributed by atoms with Gasteiger partial charge in [-0.2, -0.15) is 0 Å². The van der Waals surface area contributed by atoms with Crippen LogP contribution in [0.15, 0.2) is 11.4 Å². The lowest BCUT2D eigenvalue weighted by atomic mass is 10.1. The summed E-state index contributed by atoms with van der Waals surface area (Å²) in [6, 6.07) is 1.81. The Bertz CT molecular complexity index is 380. The molecule has 1 aromatic rings. The first-order valence-electron chi connectivity index (χ1n) is 5.37. The molecule has 0 spiro atoms. The summed E-state index contributed by atoms with van der Waals surface area (Å²) in [6.45, 7) is 0.142. The van der Waals surface area contributed by atoms with Crippen LogP contribution in [0.5, 0.6) is 0 Å². The Balaban J connectivity index is 2.00. The molecule has 0 saturated heterocycles. The minimum atomic E-state index is -0.120. The van der Waals surface area contributed by atoms with Gasteiger partial charge in [-0.1, -0.05) is 18.0 Å². The van der Waals surface area contributed by atoms with Crippen LogP contribution in [0.3, 0.4) is 0 Å². The number of amides is 1. The topological polar surface area (TPSA) is 49.3 Å². The third-order valence-corrected chi connectivity index (χ3v) is 4.37. The summed E-state index contributed by atoms with van der Waals surface area (Å²) in [4.78, 5) is 12.4. The number of hydrogen-bond donors (Lipinski definition) is 2. The molecular weight excluding hydrogens is 246 g/mol. The van der Waals surface area contributed by atoms with Crippen molar-refractivity contribution in [3.8, 4) is 0 Å². The molecule has 2 atom stereocenters. The van der Waals surface area contributed by atoms with Crippen LogP contribution in [0, 0.1) is 5.92 Å². The van der Waals surface area contributed by atoms with E-state index in [4.69, 9.17) is 16.7 Å². The average molecular weight is 260 g/mol. The molecular formula is C11H14ClNO2S. The molecule has 88 valence electrons. The van der Waals surface area contributed by atoms with Crippen LogP contribution in [-0.4, -0.2) is 23.7 Å². The summed E-state index contributed by atoms with van der Waals surface area (Å²) in [5.41, 5.74) is 0. The van der Waals surface area contributed by atoms with E-state index in [-0.39, 0.29) is 24.5 Å². The Morgan fingerprint density at radius 1 is 1.62 bits per heavy atom. The summed E-state index contributed by atoms with van der Waals surface area (Å²) < 4.78 is 0. The van der Waals surface area contributed by atoms with Gasteiger partial charge in [0.25, 0.3) is 5.91 Å². The third kappa shape index (κ3) is 2.39. The van der Waals surface area contributed by atoms with Gasteiger partial charge < -0.3 is 10.4 Å². The highest BCUT2D eigenvalue weighted by Crippen LogP contribution is 2.27. The van der Waals surface area contributed by atoms with Crippen LogP contribution >= 0.6 is 22.9 Å². The molecule has 5 heteroatoms.